The molecule has 0 spiro atoms. The van der Waals surface area contributed by atoms with Gasteiger partial charge in [-0.3, -0.25) is 0 Å². The number of aromatic amines is 1. The van der Waals surface area contributed by atoms with Crippen molar-refractivity contribution in [1.82, 2.24) is 19.3 Å². The van der Waals surface area contributed by atoms with E-state index < -0.39 is 10.0 Å². The van der Waals surface area contributed by atoms with E-state index in [0.717, 1.165) is 50.5 Å². The van der Waals surface area contributed by atoms with Crippen LogP contribution in [0.15, 0.2) is 36.5 Å². The molecule has 1 saturated heterocycles. The highest BCUT2D eigenvalue weighted by Gasteiger charge is 2.23. The maximum Gasteiger partial charge on any atom is 0.214 e. The molecular formula is C23H26ClN5O3S2. The predicted octanol–water partition coefficient (Wildman–Crippen LogP) is 4.07. The largest absolute Gasteiger partial charge is 0.378 e. The van der Waals surface area contributed by atoms with Gasteiger partial charge in [-0.15, -0.1) is 22.9 Å². The topological polar surface area (TPSA) is 91.4 Å². The Morgan fingerprint density at radius 1 is 1.24 bits per heavy atom. The van der Waals surface area contributed by atoms with Gasteiger partial charge in [0.25, 0.3) is 0 Å². The monoisotopic (exact) mass is 519 g/mol. The first kappa shape index (κ1) is 23.5. The van der Waals surface area contributed by atoms with E-state index in [1.165, 1.54) is 4.31 Å². The number of thiophene rings is 1. The van der Waals surface area contributed by atoms with Crippen molar-refractivity contribution in [3.8, 4) is 11.4 Å². The quantitative estimate of drug-likeness (QED) is 0.353. The van der Waals surface area contributed by atoms with Crippen LogP contribution in [0.4, 0.5) is 5.82 Å². The fourth-order valence-corrected chi connectivity index (χ4v) is 6.84. The Kier molecular flexibility index (Phi) is 6.76. The van der Waals surface area contributed by atoms with E-state index in [-0.39, 0.29) is 12.3 Å². The van der Waals surface area contributed by atoms with Gasteiger partial charge in [0, 0.05) is 60.1 Å². The zero-order valence-electron chi connectivity index (χ0n) is 18.8. The first-order valence-electron chi connectivity index (χ1n) is 11.2. The summed E-state index contributed by atoms with van der Waals surface area (Å²) < 4.78 is 33.1. The standard InChI is InChI=1S/C23H26ClN5O3S2/c1-28(34(30,31)13-3-7-24)15-16-14-20-21(33-16)23(29-9-11-32-12-10-29)27-22(26-20)18-4-2-5-19-17(18)6-8-25-19/h2,4-6,8,14,25H,3,7,9-13,15H2,1H3. The van der Waals surface area contributed by atoms with Crippen molar-refractivity contribution in [1.29, 1.82) is 0 Å². The first-order valence-corrected chi connectivity index (χ1v) is 14.1. The lowest BCUT2D eigenvalue weighted by Gasteiger charge is -2.28. The van der Waals surface area contributed by atoms with Crippen LogP contribution in [0.25, 0.3) is 32.5 Å². The normalized spacial score (nSPS) is 15.1. The van der Waals surface area contributed by atoms with Crippen LogP contribution >= 0.6 is 22.9 Å². The molecule has 0 unspecified atom stereocenters. The summed E-state index contributed by atoms with van der Waals surface area (Å²) in [5.74, 6) is 1.90. The van der Waals surface area contributed by atoms with Crippen LogP contribution < -0.4 is 4.90 Å². The summed E-state index contributed by atoms with van der Waals surface area (Å²) in [5, 5.41) is 1.07. The molecule has 1 N–H and O–H groups in total. The molecule has 11 heteroatoms. The lowest BCUT2D eigenvalue weighted by molar-refractivity contribution is 0.122. The summed E-state index contributed by atoms with van der Waals surface area (Å²) in [6, 6.07) is 10.1. The Bertz CT molecular complexity index is 1410. The van der Waals surface area contributed by atoms with Crippen molar-refractivity contribution in [2.75, 3.05) is 49.9 Å². The van der Waals surface area contributed by atoms with Crippen molar-refractivity contribution < 1.29 is 13.2 Å². The zero-order chi connectivity index (χ0) is 23.7. The fourth-order valence-electron chi connectivity index (χ4n) is 4.14. The second-order valence-corrected chi connectivity index (χ2v) is 12.0. The molecule has 0 saturated carbocycles. The van der Waals surface area contributed by atoms with Gasteiger partial charge in [-0.05, 0) is 24.6 Å². The zero-order valence-corrected chi connectivity index (χ0v) is 21.2. The van der Waals surface area contributed by atoms with Crippen molar-refractivity contribution in [3.63, 3.8) is 0 Å². The first-order chi connectivity index (χ1) is 16.5. The molecule has 0 bridgehead atoms. The molecule has 5 rings (SSSR count). The highest BCUT2D eigenvalue weighted by Crippen LogP contribution is 2.36. The van der Waals surface area contributed by atoms with Crippen molar-refractivity contribution in [2.24, 2.45) is 0 Å². The number of morpholine rings is 1. The molecule has 1 aromatic carbocycles. The molecule has 1 aliphatic rings. The van der Waals surface area contributed by atoms with Gasteiger partial charge < -0.3 is 14.6 Å². The van der Waals surface area contributed by atoms with Crippen LogP contribution in [0.2, 0.25) is 0 Å². The van der Waals surface area contributed by atoms with E-state index >= 15 is 0 Å². The Morgan fingerprint density at radius 2 is 2.06 bits per heavy atom. The number of nitrogens with one attached hydrogen (secondary N) is 1. The third-order valence-corrected chi connectivity index (χ3v) is 9.20. The molecule has 0 amide bonds. The number of hydrogen-bond donors (Lipinski definition) is 1. The summed E-state index contributed by atoms with van der Waals surface area (Å²) >= 11 is 7.25. The van der Waals surface area contributed by atoms with Crippen LogP contribution in [0.1, 0.15) is 11.3 Å². The fraction of sp³-hybridized carbons (Fsp3) is 0.391. The van der Waals surface area contributed by atoms with Gasteiger partial charge in [0.1, 0.15) is 0 Å². The predicted molar refractivity (Wildman–Crippen MR) is 138 cm³/mol. The average Bonchev–Trinajstić information content (AvgIpc) is 3.49. The third-order valence-electron chi connectivity index (χ3n) is 5.94. The van der Waals surface area contributed by atoms with Crippen LogP contribution in [0.3, 0.4) is 0 Å². The summed E-state index contributed by atoms with van der Waals surface area (Å²) in [7, 11) is -1.76. The highest BCUT2D eigenvalue weighted by atomic mass is 35.5. The van der Waals surface area contributed by atoms with Crippen LogP contribution in [0, 0.1) is 0 Å². The molecule has 3 aromatic heterocycles. The second-order valence-electron chi connectivity index (χ2n) is 8.26. The number of benzene rings is 1. The van der Waals surface area contributed by atoms with E-state index in [0.29, 0.717) is 31.3 Å². The van der Waals surface area contributed by atoms with E-state index in [9.17, 15) is 8.42 Å². The molecule has 1 aliphatic heterocycles. The molecule has 180 valence electrons. The molecule has 8 nitrogen and oxygen atoms in total. The van der Waals surface area contributed by atoms with Crippen molar-refractivity contribution >= 4 is 59.9 Å². The van der Waals surface area contributed by atoms with Crippen LogP contribution in [-0.2, 0) is 21.3 Å². The van der Waals surface area contributed by atoms with Gasteiger partial charge in [-0.1, -0.05) is 12.1 Å². The Labute approximate surface area is 207 Å². The van der Waals surface area contributed by atoms with Gasteiger partial charge in [0.15, 0.2) is 11.6 Å². The Balaban J connectivity index is 1.57. The summed E-state index contributed by atoms with van der Waals surface area (Å²) in [4.78, 5) is 16.3. The number of sulfonamides is 1. The van der Waals surface area contributed by atoms with Gasteiger partial charge in [-0.25, -0.2) is 18.4 Å². The molecule has 4 aromatic rings. The minimum absolute atomic E-state index is 0.0432. The summed E-state index contributed by atoms with van der Waals surface area (Å²) in [5.41, 5.74) is 2.82. The maximum absolute atomic E-state index is 12.6. The number of hydrogen-bond acceptors (Lipinski definition) is 7. The summed E-state index contributed by atoms with van der Waals surface area (Å²) in [6.07, 6.45) is 2.35. The highest BCUT2D eigenvalue weighted by molar-refractivity contribution is 7.89. The number of halogens is 1. The van der Waals surface area contributed by atoms with Gasteiger partial charge >= 0.3 is 0 Å². The SMILES string of the molecule is CN(Cc1cc2nc(-c3cccc4[nH]ccc34)nc(N3CCOCC3)c2s1)S(=O)(=O)CCCCl. The molecular weight excluding hydrogens is 494 g/mol. The number of alkyl halides is 1. The summed E-state index contributed by atoms with van der Waals surface area (Å²) in [6.45, 7) is 3.08. The molecule has 4 heterocycles. The number of rotatable bonds is 8. The van der Waals surface area contributed by atoms with E-state index in [2.05, 4.69) is 9.88 Å². The van der Waals surface area contributed by atoms with Crippen molar-refractivity contribution in [2.45, 2.75) is 13.0 Å². The molecule has 34 heavy (non-hydrogen) atoms. The van der Waals surface area contributed by atoms with E-state index in [1.54, 1.807) is 18.4 Å². The number of aromatic nitrogens is 3. The van der Waals surface area contributed by atoms with Gasteiger partial charge in [0.2, 0.25) is 10.0 Å². The second kappa shape index (κ2) is 9.79. The van der Waals surface area contributed by atoms with E-state index in [4.69, 9.17) is 26.3 Å². The minimum atomic E-state index is -3.37. The number of fused-ring (bicyclic) bond motifs is 2. The van der Waals surface area contributed by atoms with Crippen LogP contribution in [0.5, 0.6) is 0 Å². The lowest BCUT2D eigenvalue weighted by Crippen LogP contribution is -2.36. The molecule has 0 aliphatic carbocycles. The average molecular weight is 520 g/mol. The Hall–Kier alpha value is -2.24. The molecule has 0 radical (unpaired) electrons. The van der Waals surface area contributed by atoms with Crippen molar-refractivity contribution in [3.05, 3.63) is 41.4 Å². The smallest absolute Gasteiger partial charge is 0.214 e. The number of nitrogens with zero attached hydrogens (tertiary/aromatic N) is 4. The number of anilines is 1. The van der Waals surface area contributed by atoms with Crippen LogP contribution in [-0.4, -0.2) is 72.7 Å². The number of H-pyrrole nitrogens is 1. The van der Waals surface area contributed by atoms with Gasteiger partial charge in [-0.2, -0.15) is 4.31 Å². The number of ether oxygens (including phenoxy) is 1. The molecule has 0 atom stereocenters. The third kappa shape index (κ3) is 4.65. The minimum Gasteiger partial charge on any atom is -0.378 e. The maximum atomic E-state index is 12.6. The van der Waals surface area contributed by atoms with E-state index in [1.807, 2.05) is 36.5 Å². The lowest BCUT2D eigenvalue weighted by atomic mass is 10.1. The Morgan fingerprint density at radius 3 is 2.85 bits per heavy atom. The molecule has 1 fully saturated rings. The van der Waals surface area contributed by atoms with Gasteiger partial charge in [0.05, 0.1) is 29.2 Å².